The van der Waals surface area contributed by atoms with Crippen molar-refractivity contribution in [2.75, 3.05) is 11.4 Å². The van der Waals surface area contributed by atoms with E-state index < -0.39 is 4.92 Å². The number of rotatable bonds is 6. The van der Waals surface area contributed by atoms with E-state index in [-0.39, 0.29) is 11.5 Å². The molecular weight excluding hydrogens is 288 g/mol. The van der Waals surface area contributed by atoms with Gasteiger partial charge in [0.1, 0.15) is 0 Å². The number of nitrogens with zero attached hydrogens (tertiary/aromatic N) is 2. The molecule has 2 rings (SSSR count). The van der Waals surface area contributed by atoms with Crippen molar-refractivity contribution in [2.45, 2.75) is 20.4 Å². The van der Waals surface area contributed by atoms with Crippen LogP contribution in [0, 0.1) is 10.1 Å². The summed E-state index contributed by atoms with van der Waals surface area (Å²) >= 11 is 1.18. The zero-order valence-electron chi connectivity index (χ0n) is 11.9. The topological polar surface area (TPSA) is 63.5 Å². The van der Waals surface area contributed by atoms with E-state index in [0.29, 0.717) is 23.0 Å². The third kappa shape index (κ3) is 3.46. The molecule has 0 atom stereocenters. The zero-order valence-corrected chi connectivity index (χ0v) is 12.7. The maximum atomic E-state index is 11.5. The van der Waals surface area contributed by atoms with Crippen molar-refractivity contribution >= 4 is 27.8 Å². The van der Waals surface area contributed by atoms with Gasteiger partial charge in [0.05, 0.1) is 9.80 Å². The summed E-state index contributed by atoms with van der Waals surface area (Å²) in [6.07, 6.45) is 0. The molecule has 0 aliphatic heterocycles. The smallest absolute Gasteiger partial charge is 0.304 e. The Hall–Kier alpha value is -2.21. The van der Waals surface area contributed by atoms with Crippen molar-refractivity contribution in [3.63, 3.8) is 0 Å². The van der Waals surface area contributed by atoms with Crippen LogP contribution in [0.3, 0.4) is 0 Å². The van der Waals surface area contributed by atoms with Crippen molar-refractivity contribution in [3.8, 4) is 0 Å². The van der Waals surface area contributed by atoms with Gasteiger partial charge in [0.15, 0.2) is 10.8 Å². The number of benzene rings is 1. The Labute approximate surface area is 127 Å². The highest BCUT2D eigenvalue weighted by Crippen LogP contribution is 2.38. The predicted molar refractivity (Wildman–Crippen MR) is 84.1 cm³/mol. The van der Waals surface area contributed by atoms with Crippen LogP contribution in [0.1, 0.15) is 29.1 Å². The number of thiophene rings is 1. The molecule has 1 aromatic heterocycles. The number of carbonyl (C=O) groups excluding carboxylic acids is 1. The second kappa shape index (κ2) is 6.49. The number of Topliss-reactive ketones (excluding diaryl/α,β-unsaturated/α-hetero) is 1. The Morgan fingerprint density at radius 1 is 1.33 bits per heavy atom. The minimum Gasteiger partial charge on any atom is -0.354 e. The van der Waals surface area contributed by atoms with E-state index in [9.17, 15) is 14.9 Å². The van der Waals surface area contributed by atoms with Crippen LogP contribution in [0.2, 0.25) is 0 Å². The van der Waals surface area contributed by atoms with Gasteiger partial charge in [-0.3, -0.25) is 14.9 Å². The Balaban J connectivity index is 2.37. The first kappa shape index (κ1) is 15.2. The Kier molecular flexibility index (Phi) is 4.70. The molecule has 0 aliphatic rings. The van der Waals surface area contributed by atoms with E-state index in [4.69, 9.17) is 0 Å². The first-order valence-electron chi connectivity index (χ1n) is 6.61. The molecule has 5 nitrogen and oxygen atoms in total. The van der Waals surface area contributed by atoms with E-state index in [0.717, 1.165) is 5.56 Å². The SMILES string of the molecule is CCN(Cc1ccccc1)c1sc(C(C)=O)cc1[N+](=O)[O-]. The van der Waals surface area contributed by atoms with Gasteiger partial charge < -0.3 is 4.90 Å². The van der Waals surface area contributed by atoms with Crippen LogP contribution in [-0.4, -0.2) is 17.3 Å². The average Bonchev–Trinajstić information content (AvgIpc) is 2.91. The lowest BCUT2D eigenvalue weighted by atomic mass is 10.2. The van der Waals surface area contributed by atoms with E-state index >= 15 is 0 Å². The molecule has 0 N–H and O–H groups in total. The first-order valence-corrected chi connectivity index (χ1v) is 7.42. The van der Waals surface area contributed by atoms with Crippen molar-refractivity contribution < 1.29 is 9.72 Å². The standard InChI is InChI=1S/C15H16N2O3S/c1-3-16(10-12-7-5-4-6-8-12)15-13(17(19)20)9-14(21-15)11(2)18/h4-9H,3,10H2,1-2H3. The lowest BCUT2D eigenvalue weighted by Crippen LogP contribution is -2.21. The molecule has 1 aromatic carbocycles. The maximum Gasteiger partial charge on any atom is 0.304 e. The molecule has 6 heteroatoms. The van der Waals surface area contributed by atoms with Crippen molar-refractivity contribution in [3.05, 3.63) is 57.0 Å². The molecule has 2 aromatic rings. The molecule has 0 radical (unpaired) electrons. The van der Waals surface area contributed by atoms with Gasteiger partial charge in [-0.1, -0.05) is 30.3 Å². The molecule has 0 saturated heterocycles. The molecule has 0 aliphatic carbocycles. The van der Waals surface area contributed by atoms with E-state index in [2.05, 4.69) is 0 Å². The maximum absolute atomic E-state index is 11.5. The lowest BCUT2D eigenvalue weighted by molar-refractivity contribution is -0.383. The third-order valence-corrected chi connectivity index (χ3v) is 4.41. The third-order valence-electron chi connectivity index (χ3n) is 3.12. The number of hydrogen-bond acceptors (Lipinski definition) is 5. The fourth-order valence-electron chi connectivity index (χ4n) is 2.03. The summed E-state index contributed by atoms with van der Waals surface area (Å²) in [6, 6.07) is 11.1. The fraction of sp³-hybridized carbons (Fsp3) is 0.267. The van der Waals surface area contributed by atoms with Gasteiger partial charge in [-0.25, -0.2) is 0 Å². The monoisotopic (exact) mass is 304 g/mol. The first-order chi connectivity index (χ1) is 10.0. The molecule has 110 valence electrons. The predicted octanol–water partition coefficient (Wildman–Crippen LogP) is 3.89. The van der Waals surface area contributed by atoms with Gasteiger partial charge in [-0.05, 0) is 19.4 Å². The summed E-state index contributed by atoms with van der Waals surface area (Å²) in [4.78, 5) is 24.6. The molecule has 1 heterocycles. The highest BCUT2D eigenvalue weighted by molar-refractivity contribution is 7.18. The minimum absolute atomic E-state index is 0.00276. The van der Waals surface area contributed by atoms with Gasteiger partial charge >= 0.3 is 5.69 Å². The van der Waals surface area contributed by atoms with E-state index in [1.54, 1.807) is 0 Å². The van der Waals surface area contributed by atoms with Crippen molar-refractivity contribution in [1.29, 1.82) is 0 Å². The van der Waals surface area contributed by atoms with Gasteiger partial charge in [-0.15, -0.1) is 11.3 Å². The highest BCUT2D eigenvalue weighted by Gasteiger charge is 2.24. The van der Waals surface area contributed by atoms with Crippen LogP contribution >= 0.6 is 11.3 Å². The largest absolute Gasteiger partial charge is 0.354 e. The molecule has 0 unspecified atom stereocenters. The summed E-state index contributed by atoms with van der Waals surface area (Å²) in [6.45, 7) is 4.58. The zero-order chi connectivity index (χ0) is 15.4. The van der Waals surface area contributed by atoms with Gasteiger partial charge in [0.25, 0.3) is 0 Å². The highest BCUT2D eigenvalue weighted by atomic mass is 32.1. The van der Waals surface area contributed by atoms with Crippen LogP contribution in [0.4, 0.5) is 10.7 Å². The summed E-state index contributed by atoms with van der Waals surface area (Å²) in [5, 5.41) is 11.7. The Morgan fingerprint density at radius 3 is 2.52 bits per heavy atom. The minimum atomic E-state index is -0.425. The molecular formula is C15H16N2O3S. The van der Waals surface area contributed by atoms with Gasteiger partial charge in [0.2, 0.25) is 0 Å². The molecule has 0 spiro atoms. The van der Waals surface area contributed by atoms with E-state index in [1.807, 2.05) is 42.2 Å². The summed E-state index contributed by atoms with van der Waals surface area (Å²) in [5.74, 6) is -0.148. The molecule has 0 saturated carbocycles. The second-order valence-corrected chi connectivity index (χ2v) is 5.64. The molecule has 21 heavy (non-hydrogen) atoms. The number of carbonyl (C=O) groups is 1. The Bertz CT molecular complexity index is 652. The van der Waals surface area contributed by atoms with Gasteiger partial charge in [-0.2, -0.15) is 0 Å². The summed E-state index contributed by atoms with van der Waals surface area (Å²) < 4.78 is 0. The molecule has 0 fully saturated rings. The van der Waals surface area contributed by atoms with Crippen LogP contribution in [0.25, 0.3) is 0 Å². The van der Waals surface area contributed by atoms with Crippen LogP contribution < -0.4 is 4.90 Å². The van der Waals surface area contributed by atoms with E-state index in [1.165, 1.54) is 24.3 Å². The quantitative estimate of drug-likeness (QED) is 0.461. The molecule has 0 bridgehead atoms. The molecule has 0 amide bonds. The number of nitro groups is 1. The lowest BCUT2D eigenvalue weighted by Gasteiger charge is -2.20. The second-order valence-electron chi connectivity index (χ2n) is 4.61. The normalized spacial score (nSPS) is 10.4. The number of ketones is 1. The van der Waals surface area contributed by atoms with Crippen LogP contribution in [-0.2, 0) is 6.54 Å². The fourth-order valence-corrected chi connectivity index (χ4v) is 3.12. The van der Waals surface area contributed by atoms with Crippen molar-refractivity contribution in [2.24, 2.45) is 0 Å². The van der Waals surface area contributed by atoms with Crippen molar-refractivity contribution in [1.82, 2.24) is 0 Å². The van der Waals surface area contributed by atoms with Crippen LogP contribution in [0.15, 0.2) is 36.4 Å². The number of anilines is 1. The summed E-state index contributed by atoms with van der Waals surface area (Å²) in [5.41, 5.74) is 1.08. The Morgan fingerprint density at radius 2 is 2.00 bits per heavy atom. The van der Waals surface area contributed by atoms with Crippen LogP contribution in [0.5, 0.6) is 0 Å². The summed E-state index contributed by atoms with van der Waals surface area (Å²) in [7, 11) is 0. The average molecular weight is 304 g/mol. The number of hydrogen-bond donors (Lipinski definition) is 0. The van der Waals surface area contributed by atoms with Gasteiger partial charge in [0, 0.05) is 19.2 Å².